The van der Waals surface area contributed by atoms with Crippen molar-refractivity contribution < 1.29 is 4.79 Å². The Kier molecular flexibility index (Phi) is 4.69. The van der Waals surface area contributed by atoms with Crippen LogP contribution in [0.3, 0.4) is 0 Å². The summed E-state index contributed by atoms with van der Waals surface area (Å²) in [5.41, 5.74) is 2.59. The van der Waals surface area contributed by atoms with Crippen molar-refractivity contribution in [2.45, 2.75) is 26.7 Å². The van der Waals surface area contributed by atoms with Crippen molar-refractivity contribution in [2.24, 2.45) is 5.41 Å². The summed E-state index contributed by atoms with van der Waals surface area (Å²) >= 11 is 3.46. The van der Waals surface area contributed by atoms with Gasteiger partial charge in [0.25, 0.3) is 5.91 Å². The number of amides is 1. The Bertz CT molecular complexity index is 733. The molecule has 0 radical (unpaired) electrons. The van der Waals surface area contributed by atoms with Gasteiger partial charge in [-0.1, -0.05) is 28.9 Å². The fourth-order valence-electron chi connectivity index (χ4n) is 3.12. The molecule has 0 saturated carbocycles. The Morgan fingerprint density at radius 1 is 1.35 bits per heavy atom. The molecule has 0 atom stereocenters. The van der Waals surface area contributed by atoms with E-state index in [2.05, 4.69) is 38.5 Å². The molecule has 0 spiro atoms. The predicted molar refractivity (Wildman–Crippen MR) is 96.7 cm³/mol. The lowest BCUT2D eigenvalue weighted by Gasteiger charge is -2.34. The van der Waals surface area contributed by atoms with Gasteiger partial charge in [-0.15, -0.1) is 0 Å². The summed E-state index contributed by atoms with van der Waals surface area (Å²) < 4.78 is 0.969. The molecule has 1 fully saturated rings. The molecule has 1 aliphatic heterocycles. The van der Waals surface area contributed by atoms with Crippen LogP contribution in [0.2, 0.25) is 0 Å². The summed E-state index contributed by atoms with van der Waals surface area (Å²) in [5.74, 6) is -0.0115. The number of halogens is 1. The van der Waals surface area contributed by atoms with Crippen molar-refractivity contribution in [1.82, 2.24) is 15.6 Å². The van der Waals surface area contributed by atoms with Gasteiger partial charge in [-0.3, -0.25) is 9.78 Å². The number of benzene rings is 1. The average Bonchev–Trinajstić information content (AvgIpc) is 2.52. The molecule has 0 aliphatic carbocycles. The summed E-state index contributed by atoms with van der Waals surface area (Å²) in [6.07, 6.45) is 2.19. The first-order valence-corrected chi connectivity index (χ1v) is 8.82. The molecule has 4 nitrogen and oxygen atoms in total. The Morgan fingerprint density at radius 3 is 2.83 bits per heavy atom. The fraction of sp³-hybridized carbons (Fsp3) is 0.444. The second-order valence-electron chi connectivity index (χ2n) is 6.72. The number of pyridine rings is 1. The Labute approximate surface area is 145 Å². The summed E-state index contributed by atoms with van der Waals surface area (Å²) in [5, 5.41) is 7.40. The van der Waals surface area contributed by atoms with Gasteiger partial charge in [0.05, 0.1) is 11.1 Å². The number of nitrogens with zero attached hydrogens (tertiary/aromatic N) is 1. The first-order chi connectivity index (χ1) is 11.0. The van der Waals surface area contributed by atoms with Crippen molar-refractivity contribution in [3.05, 3.63) is 40.0 Å². The van der Waals surface area contributed by atoms with E-state index in [1.165, 1.54) is 0 Å². The smallest absolute Gasteiger partial charge is 0.252 e. The fourth-order valence-corrected chi connectivity index (χ4v) is 3.47. The molecular weight excluding hydrogens is 354 g/mol. The molecule has 1 aromatic carbocycles. The summed E-state index contributed by atoms with van der Waals surface area (Å²) in [6, 6.07) is 7.72. The summed E-state index contributed by atoms with van der Waals surface area (Å²) in [6.45, 7) is 6.94. The summed E-state index contributed by atoms with van der Waals surface area (Å²) in [4.78, 5) is 17.2. The molecule has 0 bridgehead atoms. The van der Waals surface area contributed by atoms with Gasteiger partial charge in [0.2, 0.25) is 0 Å². The number of piperidine rings is 1. The lowest BCUT2D eigenvalue weighted by Crippen LogP contribution is -2.42. The number of carbonyl (C=O) groups is 1. The van der Waals surface area contributed by atoms with Crippen LogP contribution in [0.25, 0.3) is 10.9 Å². The molecule has 2 aromatic rings. The predicted octanol–water partition coefficient (Wildman–Crippen LogP) is 3.43. The van der Waals surface area contributed by atoms with E-state index in [9.17, 15) is 4.79 Å². The van der Waals surface area contributed by atoms with E-state index in [0.29, 0.717) is 12.1 Å². The van der Waals surface area contributed by atoms with Crippen LogP contribution < -0.4 is 10.6 Å². The standard InChI is InChI=1S/C18H22BrN3O/c1-12-9-15(14-4-3-13(19)10-16(14)22-12)17(23)21-11-18(2)5-7-20-8-6-18/h3-4,9-10,20H,5-8,11H2,1-2H3,(H,21,23). The SMILES string of the molecule is Cc1cc(C(=O)NCC2(C)CCNCC2)c2ccc(Br)cc2n1. The van der Waals surface area contributed by atoms with E-state index >= 15 is 0 Å². The zero-order valence-corrected chi connectivity index (χ0v) is 15.2. The molecule has 5 heteroatoms. The van der Waals surface area contributed by atoms with Gasteiger partial charge in [0.1, 0.15) is 0 Å². The molecule has 3 rings (SSSR count). The molecule has 1 aromatic heterocycles. The van der Waals surface area contributed by atoms with Gasteiger partial charge in [-0.2, -0.15) is 0 Å². The zero-order chi connectivity index (χ0) is 16.4. The van der Waals surface area contributed by atoms with Crippen molar-refractivity contribution >= 4 is 32.7 Å². The number of hydrogen-bond donors (Lipinski definition) is 2. The van der Waals surface area contributed by atoms with Gasteiger partial charge >= 0.3 is 0 Å². The molecule has 122 valence electrons. The van der Waals surface area contributed by atoms with E-state index in [1.54, 1.807) is 0 Å². The maximum absolute atomic E-state index is 12.7. The lowest BCUT2D eigenvalue weighted by molar-refractivity contribution is 0.0924. The highest BCUT2D eigenvalue weighted by Crippen LogP contribution is 2.27. The first kappa shape index (κ1) is 16.4. The van der Waals surface area contributed by atoms with Crippen LogP contribution in [-0.2, 0) is 0 Å². The third-order valence-electron chi connectivity index (χ3n) is 4.63. The largest absolute Gasteiger partial charge is 0.351 e. The maximum atomic E-state index is 12.7. The van der Waals surface area contributed by atoms with Crippen molar-refractivity contribution in [3.8, 4) is 0 Å². The molecule has 23 heavy (non-hydrogen) atoms. The van der Waals surface area contributed by atoms with Crippen LogP contribution in [0.15, 0.2) is 28.7 Å². The number of rotatable bonds is 3. The minimum atomic E-state index is -0.0115. The Morgan fingerprint density at radius 2 is 2.09 bits per heavy atom. The minimum Gasteiger partial charge on any atom is -0.351 e. The van der Waals surface area contributed by atoms with Gasteiger partial charge in [-0.25, -0.2) is 0 Å². The molecule has 1 saturated heterocycles. The number of carbonyl (C=O) groups excluding carboxylic acids is 1. The van der Waals surface area contributed by atoms with Crippen LogP contribution in [-0.4, -0.2) is 30.5 Å². The van der Waals surface area contributed by atoms with Crippen LogP contribution in [0.1, 0.15) is 35.8 Å². The number of nitrogens with one attached hydrogen (secondary N) is 2. The average molecular weight is 376 g/mol. The van der Waals surface area contributed by atoms with Gasteiger partial charge in [-0.05, 0) is 56.5 Å². The number of fused-ring (bicyclic) bond motifs is 1. The lowest BCUT2D eigenvalue weighted by atomic mass is 9.81. The van der Waals surface area contributed by atoms with Crippen molar-refractivity contribution in [3.63, 3.8) is 0 Å². The van der Waals surface area contributed by atoms with Crippen molar-refractivity contribution in [2.75, 3.05) is 19.6 Å². The van der Waals surface area contributed by atoms with Crippen LogP contribution >= 0.6 is 15.9 Å². The topological polar surface area (TPSA) is 54.0 Å². The van der Waals surface area contributed by atoms with Crippen LogP contribution in [0.4, 0.5) is 0 Å². The third-order valence-corrected chi connectivity index (χ3v) is 5.12. The van der Waals surface area contributed by atoms with Crippen LogP contribution in [0.5, 0.6) is 0 Å². The monoisotopic (exact) mass is 375 g/mol. The van der Waals surface area contributed by atoms with E-state index in [0.717, 1.165) is 47.0 Å². The second kappa shape index (κ2) is 6.57. The van der Waals surface area contributed by atoms with E-state index < -0.39 is 0 Å². The van der Waals surface area contributed by atoms with E-state index in [4.69, 9.17) is 0 Å². The molecule has 1 aliphatic rings. The molecular formula is C18H22BrN3O. The Hall–Kier alpha value is -1.46. The highest BCUT2D eigenvalue weighted by Gasteiger charge is 2.27. The van der Waals surface area contributed by atoms with Gasteiger partial charge in [0.15, 0.2) is 0 Å². The van der Waals surface area contributed by atoms with E-state index in [1.807, 2.05) is 31.2 Å². The molecule has 2 heterocycles. The van der Waals surface area contributed by atoms with Gasteiger partial charge in [0, 0.05) is 22.1 Å². The second-order valence-corrected chi connectivity index (χ2v) is 7.63. The number of aromatic nitrogens is 1. The van der Waals surface area contributed by atoms with Crippen molar-refractivity contribution in [1.29, 1.82) is 0 Å². The molecule has 2 N–H and O–H groups in total. The molecule has 0 unspecified atom stereocenters. The highest BCUT2D eigenvalue weighted by molar-refractivity contribution is 9.10. The maximum Gasteiger partial charge on any atom is 0.252 e. The normalized spacial score (nSPS) is 17.2. The van der Waals surface area contributed by atoms with Crippen LogP contribution in [0, 0.1) is 12.3 Å². The third kappa shape index (κ3) is 3.72. The minimum absolute atomic E-state index is 0.0115. The zero-order valence-electron chi connectivity index (χ0n) is 13.6. The highest BCUT2D eigenvalue weighted by atomic mass is 79.9. The number of aryl methyl sites for hydroxylation is 1. The molecule has 1 amide bonds. The quantitative estimate of drug-likeness (QED) is 0.863. The number of hydrogen-bond acceptors (Lipinski definition) is 3. The Balaban J connectivity index is 1.83. The van der Waals surface area contributed by atoms with E-state index in [-0.39, 0.29) is 11.3 Å². The first-order valence-electron chi connectivity index (χ1n) is 8.03. The van der Waals surface area contributed by atoms with Gasteiger partial charge < -0.3 is 10.6 Å². The summed E-state index contributed by atoms with van der Waals surface area (Å²) in [7, 11) is 0.